The van der Waals surface area contributed by atoms with Crippen molar-refractivity contribution in [2.45, 2.75) is 0 Å². The Bertz CT molecular complexity index is 1170. The van der Waals surface area contributed by atoms with Gasteiger partial charge in [-0.25, -0.2) is 15.0 Å². The van der Waals surface area contributed by atoms with Crippen molar-refractivity contribution in [2.75, 3.05) is 31.1 Å². The van der Waals surface area contributed by atoms with Crippen LogP contribution in [0.4, 0.5) is 5.82 Å². The van der Waals surface area contributed by atoms with Gasteiger partial charge in [0.15, 0.2) is 5.82 Å². The maximum Gasteiger partial charge on any atom is 0.265 e. The molecule has 4 aromatic rings. The summed E-state index contributed by atoms with van der Waals surface area (Å²) < 4.78 is 0. The first kappa shape index (κ1) is 19.4. The Morgan fingerprint density at radius 1 is 0.806 bits per heavy atom. The van der Waals surface area contributed by atoms with E-state index in [0.29, 0.717) is 18.0 Å². The minimum Gasteiger partial charge on any atom is -0.353 e. The molecule has 0 atom stereocenters. The molecule has 5 rings (SSSR count). The molecule has 1 amide bonds. The minimum atomic E-state index is 0.0481. The van der Waals surface area contributed by atoms with Gasteiger partial charge in [0.2, 0.25) is 0 Å². The molecule has 1 saturated heterocycles. The number of anilines is 1. The summed E-state index contributed by atoms with van der Waals surface area (Å²) in [4.78, 5) is 31.4. The fourth-order valence-corrected chi connectivity index (χ4v) is 4.52. The summed E-state index contributed by atoms with van der Waals surface area (Å²) in [5, 5.41) is 0.872. The van der Waals surface area contributed by atoms with Gasteiger partial charge in [0.05, 0.1) is 6.20 Å². The first-order valence-electron chi connectivity index (χ1n) is 10.2. The maximum absolute atomic E-state index is 13.0. The number of rotatable bonds is 4. The smallest absolute Gasteiger partial charge is 0.265 e. The molecule has 0 unspecified atom stereocenters. The van der Waals surface area contributed by atoms with Gasteiger partial charge in [-0.1, -0.05) is 60.7 Å². The predicted molar refractivity (Wildman–Crippen MR) is 123 cm³/mol. The van der Waals surface area contributed by atoms with Gasteiger partial charge in [0, 0.05) is 43.5 Å². The normalized spacial score (nSPS) is 13.9. The van der Waals surface area contributed by atoms with Crippen LogP contribution in [0.1, 0.15) is 9.67 Å². The van der Waals surface area contributed by atoms with Crippen molar-refractivity contribution in [3.8, 4) is 22.0 Å². The third-order valence-corrected chi connectivity index (χ3v) is 6.34. The minimum absolute atomic E-state index is 0.0481. The number of aromatic nitrogens is 3. The van der Waals surface area contributed by atoms with Crippen LogP contribution >= 0.6 is 11.3 Å². The van der Waals surface area contributed by atoms with Crippen LogP contribution in [0.5, 0.6) is 0 Å². The number of amides is 1. The zero-order valence-corrected chi connectivity index (χ0v) is 17.7. The number of nitrogens with zero attached hydrogens (tertiary/aromatic N) is 5. The molecule has 6 nitrogen and oxygen atoms in total. The third-order valence-electron chi connectivity index (χ3n) is 5.30. The molecule has 0 aliphatic carbocycles. The van der Waals surface area contributed by atoms with Crippen molar-refractivity contribution in [1.29, 1.82) is 0 Å². The molecule has 0 radical (unpaired) electrons. The van der Waals surface area contributed by atoms with Crippen LogP contribution in [0.15, 0.2) is 79.1 Å². The lowest BCUT2D eigenvalue weighted by Gasteiger charge is -2.35. The molecule has 154 valence electrons. The van der Waals surface area contributed by atoms with Crippen LogP contribution in [-0.4, -0.2) is 51.9 Å². The van der Waals surface area contributed by atoms with E-state index in [4.69, 9.17) is 4.98 Å². The van der Waals surface area contributed by atoms with Crippen LogP contribution in [-0.2, 0) is 0 Å². The van der Waals surface area contributed by atoms with Gasteiger partial charge in [-0.2, -0.15) is 0 Å². The van der Waals surface area contributed by atoms with Crippen LogP contribution in [0.3, 0.4) is 0 Å². The quantitative estimate of drug-likeness (QED) is 0.488. The van der Waals surface area contributed by atoms with Crippen molar-refractivity contribution in [1.82, 2.24) is 19.9 Å². The van der Waals surface area contributed by atoms with Crippen molar-refractivity contribution in [3.05, 3.63) is 84.0 Å². The lowest BCUT2D eigenvalue weighted by Crippen LogP contribution is -2.48. The number of piperazine rings is 1. The predicted octanol–water partition coefficient (Wildman–Crippen LogP) is 4.23. The van der Waals surface area contributed by atoms with Gasteiger partial charge >= 0.3 is 0 Å². The van der Waals surface area contributed by atoms with E-state index in [-0.39, 0.29) is 5.91 Å². The Balaban J connectivity index is 1.25. The summed E-state index contributed by atoms with van der Waals surface area (Å²) in [5.74, 6) is 1.66. The highest BCUT2D eigenvalue weighted by Crippen LogP contribution is 2.26. The SMILES string of the molecule is O=C(c1cnc(-c2ccccc2)s1)N1CCN(c2ccnc(-c3ccccc3)n2)CC1. The molecular weight excluding hydrogens is 406 g/mol. The van der Waals surface area contributed by atoms with E-state index in [2.05, 4.69) is 14.9 Å². The molecule has 31 heavy (non-hydrogen) atoms. The first-order chi connectivity index (χ1) is 15.3. The van der Waals surface area contributed by atoms with E-state index in [1.54, 1.807) is 12.4 Å². The molecule has 2 aromatic carbocycles. The average molecular weight is 428 g/mol. The lowest BCUT2D eigenvalue weighted by atomic mass is 10.2. The Labute approximate surface area is 184 Å². The molecule has 3 heterocycles. The van der Waals surface area contributed by atoms with Crippen molar-refractivity contribution in [3.63, 3.8) is 0 Å². The zero-order valence-electron chi connectivity index (χ0n) is 16.9. The number of hydrogen-bond acceptors (Lipinski definition) is 6. The lowest BCUT2D eigenvalue weighted by molar-refractivity contribution is 0.0751. The van der Waals surface area contributed by atoms with Crippen LogP contribution in [0.25, 0.3) is 22.0 Å². The number of carbonyl (C=O) groups is 1. The summed E-state index contributed by atoms with van der Waals surface area (Å²) in [6.45, 7) is 2.78. The Kier molecular flexibility index (Phi) is 5.41. The van der Waals surface area contributed by atoms with E-state index >= 15 is 0 Å². The maximum atomic E-state index is 13.0. The van der Waals surface area contributed by atoms with Gasteiger partial charge in [-0.15, -0.1) is 11.3 Å². The fourth-order valence-electron chi connectivity index (χ4n) is 3.63. The second-order valence-electron chi connectivity index (χ2n) is 7.28. The molecule has 0 spiro atoms. The van der Waals surface area contributed by atoms with Crippen LogP contribution < -0.4 is 4.90 Å². The van der Waals surface area contributed by atoms with E-state index in [1.165, 1.54) is 11.3 Å². The molecule has 1 aliphatic rings. The van der Waals surface area contributed by atoms with E-state index < -0.39 is 0 Å². The first-order valence-corrected chi connectivity index (χ1v) is 11.0. The van der Waals surface area contributed by atoms with Crippen molar-refractivity contribution >= 4 is 23.1 Å². The molecule has 0 saturated carbocycles. The average Bonchev–Trinajstić information content (AvgIpc) is 3.35. The van der Waals surface area contributed by atoms with Gasteiger partial charge in [-0.05, 0) is 6.07 Å². The van der Waals surface area contributed by atoms with E-state index in [1.807, 2.05) is 71.6 Å². The zero-order chi connectivity index (χ0) is 21.0. The topological polar surface area (TPSA) is 62.2 Å². The fraction of sp³-hybridized carbons (Fsp3) is 0.167. The Hall–Kier alpha value is -3.58. The molecule has 0 N–H and O–H groups in total. The Morgan fingerprint density at radius 2 is 1.48 bits per heavy atom. The monoisotopic (exact) mass is 427 g/mol. The summed E-state index contributed by atoms with van der Waals surface area (Å²) in [5.41, 5.74) is 2.03. The van der Waals surface area contributed by atoms with Crippen molar-refractivity contribution < 1.29 is 4.79 Å². The molecule has 2 aromatic heterocycles. The van der Waals surface area contributed by atoms with Gasteiger partial charge in [0.1, 0.15) is 15.7 Å². The number of benzene rings is 2. The number of hydrogen-bond donors (Lipinski definition) is 0. The standard InChI is InChI=1S/C24H21N5OS/c30-24(20-17-26-23(31-20)19-9-5-2-6-10-19)29-15-13-28(14-16-29)21-11-12-25-22(27-21)18-7-3-1-4-8-18/h1-12,17H,13-16H2. The summed E-state index contributed by atoms with van der Waals surface area (Å²) >= 11 is 1.45. The van der Waals surface area contributed by atoms with Gasteiger partial charge in [0.25, 0.3) is 5.91 Å². The van der Waals surface area contributed by atoms with Gasteiger partial charge < -0.3 is 9.80 Å². The van der Waals surface area contributed by atoms with E-state index in [9.17, 15) is 4.79 Å². The molecule has 0 bridgehead atoms. The summed E-state index contributed by atoms with van der Waals surface area (Å²) in [6, 6.07) is 21.9. The highest BCUT2D eigenvalue weighted by molar-refractivity contribution is 7.16. The highest BCUT2D eigenvalue weighted by atomic mass is 32.1. The Morgan fingerprint density at radius 3 is 2.19 bits per heavy atom. The number of carbonyl (C=O) groups excluding carboxylic acids is 1. The highest BCUT2D eigenvalue weighted by Gasteiger charge is 2.24. The van der Waals surface area contributed by atoms with Crippen LogP contribution in [0, 0.1) is 0 Å². The number of thiazole rings is 1. The second kappa shape index (κ2) is 8.65. The largest absolute Gasteiger partial charge is 0.353 e. The van der Waals surface area contributed by atoms with Crippen molar-refractivity contribution in [2.24, 2.45) is 0 Å². The molecule has 7 heteroatoms. The van der Waals surface area contributed by atoms with E-state index in [0.717, 1.165) is 40.9 Å². The summed E-state index contributed by atoms with van der Waals surface area (Å²) in [7, 11) is 0. The van der Waals surface area contributed by atoms with Gasteiger partial charge in [-0.3, -0.25) is 4.79 Å². The summed E-state index contributed by atoms with van der Waals surface area (Å²) in [6.07, 6.45) is 3.49. The third kappa shape index (κ3) is 4.18. The molecular formula is C24H21N5OS. The second-order valence-corrected chi connectivity index (χ2v) is 8.31. The van der Waals surface area contributed by atoms with Crippen LogP contribution in [0.2, 0.25) is 0 Å². The molecule has 1 aliphatic heterocycles. The molecule has 1 fully saturated rings.